The monoisotopic (exact) mass is 433 g/mol. The van der Waals surface area contributed by atoms with Crippen LogP contribution in [0.4, 0.5) is 11.6 Å². The van der Waals surface area contributed by atoms with Crippen LogP contribution in [-0.2, 0) is 11.3 Å². The first-order valence-electron chi connectivity index (χ1n) is 11.3. The van der Waals surface area contributed by atoms with Crippen molar-refractivity contribution < 1.29 is 9.53 Å². The predicted octanol–water partition coefficient (Wildman–Crippen LogP) is 4.01. The third-order valence-corrected chi connectivity index (χ3v) is 5.71. The molecule has 0 spiro atoms. The van der Waals surface area contributed by atoms with Crippen LogP contribution in [0.3, 0.4) is 0 Å². The standard InChI is InChI=1S/C25H31N5O2/c1-4-32-22-10-11-24-23(16-22)18(2)26-25(28-24)30-13-5-12-29(14-15-30)17-20-6-8-21(9-7-20)27-19(3)31/h6-11,16H,4-5,12-15,17H2,1-3H3,(H,27,31). The number of benzene rings is 2. The predicted molar refractivity (Wildman–Crippen MR) is 128 cm³/mol. The van der Waals surface area contributed by atoms with Gasteiger partial charge in [0, 0.05) is 50.7 Å². The minimum absolute atomic E-state index is 0.0498. The topological polar surface area (TPSA) is 70.6 Å². The van der Waals surface area contributed by atoms with Gasteiger partial charge in [-0.3, -0.25) is 9.69 Å². The van der Waals surface area contributed by atoms with E-state index in [1.807, 2.05) is 44.2 Å². The Bertz CT molecular complexity index is 1080. The van der Waals surface area contributed by atoms with Crippen molar-refractivity contribution in [3.05, 3.63) is 53.7 Å². The molecule has 0 atom stereocenters. The molecule has 3 aromatic rings. The Morgan fingerprint density at radius 1 is 1.06 bits per heavy atom. The number of rotatable bonds is 6. The molecular weight excluding hydrogens is 402 g/mol. The molecule has 32 heavy (non-hydrogen) atoms. The van der Waals surface area contributed by atoms with Gasteiger partial charge in [-0.25, -0.2) is 9.97 Å². The quantitative estimate of drug-likeness (QED) is 0.633. The molecule has 1 fully saturated rings. The number of anilines is 2. The molecule has 1 amide bonds. The summed E-state index contributed by atoms with van der Waals surface area (Å²) in [4.78, 5) is 25.6. The number of carbonyl (C=O) groups excluding carboxylic acids is 1. The summed E-state index contributed by atoms with van der Waals surface area (Å²) < 4.78 is 5.63. The van der Waals surface area contributed by atoms with Crippen LogP contribution >= 0.6 is 0 Å². The molecule has 2 heterocycles. The van der Waals surface area contributed by atoms with E-state index in [2.05, 4.69) is 27.2 Å². The van der Waals surface area contributed by atoms with E-state index in [0.29, 0.717) is 6.61 Å². The Kier molecular flexibility index (Phi) is 6.85. The van der Waals surface area contributed by atoms with Crippen molar-refractivity contribution in [1.29, 1.82) is 0 Å². The molecular formula is C25H31N5O2. The molecule has 7 nitrogen and oxygen atoms in total. The molecule has 4 rings (SSSR count). The van der Waals surface area contributed by atoms with Crippen molar-refractivity contribution in [3.8, 4) is 5.75 Å². The van der Waals surface area contributed by atoms with E-state index in [4.69, 9.17) is 14.7 Å². The lowest BCUT2D eigenvalue weighted by Gasteiger charge is -2.22. The average molecular weight is 434 g/mol. The first kappa shape index (κ1) is 22.0. The van der Waals surface area contributed by atoms with Crippen LogP contribution in [0.2, 0.25) is 0 Å². The summed E-state index contributed by atoms with van der Waals surface area (Å²) in [5, 5.41) is 3.86. The van der Waals surface area contributed by atoms with Gasteiger partial charge >= 0.3 is 0 Å². The zero-order valence-corrected chi connectivity index (χ0v) is 19.1. The molecule has 0 bridgehead atoms. The van der Waals surface area contributed by atoms with Crippen molar-refractivity contribution in [1.82, 2.24) is 14.9 Å². The molecule has 7 heteroatoms. The lowest BCUT2D eigenvalue weighted by atomic mass is 10.2. The second kappa shape index (κ2) is 9.96. The van der Waals surface area contributed by atoms with Gasteiger partial charge < -0.3 is 15.0 Å². The van der Waals surface area contributed by atoms with Gasteiger partial charge in [0.05, 0.1) is 17.8 Å². The summed E-state index contributed by atoms with van der Waals surface area (Å²) in [6.45, 7) is 10.9. The van der Waals surface area contributed by atoms with E-state index in [1.54, 1.807) is 0 Å². The van der Waals surface area contributed by atoms with Crippen LogP contribution in [0, 0.1) is 6.92 Å². The maximum absolute atomic E-state index is 11.2. The van der Waals surface area contributed by atoms with Gasteiger partial charge in [0.25, 0.3) is 0 Å². The van der Waals surface area contributed by atoms with E-state index < -0.39 is 0 Å². The highest BCUT2D eigenvalue weighted by Gasteiger charge is 2.18. The molecule has 0 unspecified atom stereocenters. The largest absolute Gasteiger partial charge is 0.494 e. The Morgan fingerprint density at radius 2 is 1.88 bits per heavy atom. The number of nitrogens with zero attached hydrogens (tertiary/aromatic N) is 4. The van der Waals surface area contributed by atoms with Crippen molar-refractivity contribution in [2.45, 2.75) is 33.7 Å². The number of ether oxygens (including phenoxy) is 1. The highest BCUT2D eigenvalue weighted by Crippen LogP contribution is 2.24. The highest BCUT2D eigenvalue weighted by atomic mass is 16.5. The first-order valence-corrected chi connectivity index (χ1v) is 11.3. The molecule has 168 valence electrons. The maximum atomic E-state index is 11.2. The maximum Gasteiger partial charge on any atom is 0.226 e. The lowest BCUT2D eigenvalue weighted by molar-refractivity contribution is -0.114. The van der Waals surface area contributed by atoms with E-state index in [1.165, 1.54) is 12.5 Å². The molecule has 1 N–H and O–H groups in total. The summed E-state index contributed by atoms with van der Waals surface area (Å²) in [6.07, 6.45) is 1.06. The number of carbonyl (C=O) groups is 1. The third-order valence-electron chi connectivity index (χ3n) is 5.71. The number of fused-ring (bicyclic) bond motifs is 1. The van der Waals surface area contributed by atoms with Crippen LogP contribution < -0.4 is 15.0 Å². The summed E-state index contributed by atoms with van der Waals surface area (Å²) in [5.74, 6) is 1.61. The zero-order chi connectivity index (χ0) is 22.5. The molecule has 0 radical (unpaired) electrons. The fraction of sp³-hybridized carbons (Fsp3) is 0.400. The number of hydrogen-bond acceptors (Lipinski definition) is 6. The Hall–Kier alpha value is -3.19. The van der Waals surface area contributed by atoms with Crippen LogP contribution in [0.25, 0.3) is 10.9 Å². The Labute approximate surface area is 189 Å². The zero-order valence-electron chi connectivity index (χ0n) is 19.1. The normalized spacial score (nSPS) is 14.9. The van der Waals surface area contributed by atoms with E-state index in [-0.39, 0.29) is 5.91 Å². The molecule has 2 aromatic carbocycles. The van der Waals surface area contributed by atoms with Crippen molar-refractivity contribution in [3.63, 3.8) is 0 Å². The second-order valence-corrected chi connectivity index (χ2v) is 8.22. The van der Waals surface area contributed by atoms with Crippen LogP contribution in [0.15, 0.2) is 42.5 Å². The van der Waals surface area contributed by atoms with Gasteiger partial charge in [-0.05, 0) is 56.2 Å². The molecule has 1 aromatic heterocycles. The fourth-order valence-electron chi connectivity index (χ4n) is 4.13. The van der Waals surface area contributed by atoms with E-state index in [0.717, 1.165) is 73.1 Å². The van der Waals surface area contributed by atoms with E-state index in [9.17, 15) is 4.79 Å². The van der Waals surface area contributed by atoms with Gasteiger partial charge in [-0.1, -0.05) is 12.1 Å². The van der Waals surface area contributed by atoms with Crippen LogP contribution in [-0.4, -0.2) is 53.6 Å². The van der Waals surface area contributed by atoms with Gasteiger partial charge in [-0.15, -0.1) is 0 Å². The Morgan fingerprint density at radius 3 is 2.62 bits per heavy atom. The number of nitrogens with one attached hydrogen (secondary N) is 1. The lowest BCUT2D eigenvalue weighted by Crippen LogP contribution is -2.31. The van der Waals surface area contributed by atoms with Crippen molar-refractivity contribution in [2.24, 2.45) is 0 Å². The average Bonchev–Trinajstić information content (AvgIpc) is 3.01. The van der Waals surface area contributed by atoms with Crippen molar-refractivity contribution >= 4 is 28.4 Å². The molecule has 1 aliphatic heterocycles. The minimum Gasteiger partial charge on any atom is -0.494 e. The highest BCUT2D eigenvalue weighted by molar-refractivity contribution is 5.88. The van der Waals surface area contributed by atoms with Gasteiger partial charge in [0.15, 0.2) is 0 Å². The van der Waals surface area contributed by atoms with Crippen LogP contribution in [0.5, 0.6) is 5.75 Å². The summed E-state index contributed by atoms with van der Waals surface area (Å²) in [6, 6.07) is 14.1. The summed E-state index contributed by atoms with van der Waals surface area (Å²) in [5.41, 5.74) is 4.01. The number of hydrogen-bond donors (Lipinski definition) is 1. The number of aryl methyl sites for hydroxylation is 1. The van der Waals surface area contributed by atoms with Crippen molar-refractivity contribution in [2.75, 3.05) is 43.0 Å². The SMILES string of the molecule is CCOc1ccc2nc(N3CCCN(Cc4ccc(NC(C)=O)cc4)CC3)nc(C)c2c1. The molecule has 1 saturated heterocycles. The van der Waals surface area contributed by atoms with Gasteiger partial charge in [0.2, 0.25) is 11.9 Å². The summed E-state index contributed by atoms with van der Waals surface area (Å²) in [7, 11) is 0. The number of aromatic nitrogens is 2. The first-order chi connectivity index (χ1) is 15.5. The Balaban J connectivity index is 1.42. The molecule has 0 aliphatic carbocycles. The van der Waals surface area contributed by atoms with Crippen LogP contribution in [0.1, 0.15) is 31.5 Å². The van der Waals surface area contributed by atoms with Gasteiger partial charge in [-0.2, -0.15) is 0 Å². The minimum atomic E-state index is -0.0498. The fourth-order valence-corrected chi connectivity index (χ4v) is 4.13. The molecule has 1 aliphatic rings. The number of amides is 1. The van der Waals surface area contributed by atoms with Gasteiger partial charge in [0.1, 0.15) is 5.75 Å². The van der Waals surface area contributed by atoms with E-state index >= 15 is 0 Å². The molecule has 0 saturated carbocycles. The summed E-state index contributed by atoms with van der Waals surface area (Å²) >= 11 is 0. The third kappa shape index (κ3) is 5.34. The smallest absolute Gasteiger partial charge is 0.226 e. The second-order valence-electron chi connectivity index (χ2n) is 8.22.